The second kappa shape index (κ2) is 10.8. The number of nitrogens with zero attached hydrogens (tertiary/aromatic N) is 5. The zero-order valence-corrected chi connectivity index (χ0v) is 27.6. The molecule has 1 atom stereocenters. The highest BCUT2D eigenvalue weighted by Crippen LogP contribution is 2.46. The number of rotatable bonds is 4. The molecule has 0 spiro atoms. The van der Waals surface area contributed by atoms with Crippen LogP contribution in [0.5, 0.6) is 0 Å². The molecule has 4 aromatic heterocycles. The molecule has 0 N–H and O–H groups in total. The first kappa shape index (κ1) is 28.0. The van der Waals surface area contributed by atoms with Gasteiger partial charge in [-0.2, -0.15) is 4.58 Å². The molecule has 0 fully saturated rings. The van der Waals surface area contributed by atoms with Crippen LogP contribution in [0.3, 0.4) is 0 Å². The lowest BCUT2D eigenvalue weighted by Gasteiger charge is -2.25. The summed E-state index contributed by atoms with van der Waals surface area (Å²) in [4.78, 5) is 8.93. The molecule has 1 aliphatic heterocycles. The van der Waals surface area contributed by atoms with E-state index in [2.05, 4.69) is 163 Å². The van der Waals surface area contributed by atoms with Gasteiger partial charge in [0, 0.05) is 87.4 Å². The number of hydrogen-bond acceptors (Lipinski definition) is 2. The topological polar surface area (TPSA) is 38.6 Å². The molecule has 0 saturated carbocycles. The first-order valence-electron chi connectivity index (χ1n) is 17.3. The lowest BCUT2D eigenvalue weighted by atomic mass is 9.97. The molecule has 1 aliphatic carbocycles. The van der Waals surface area contributed by atoms with Gasteiger partial charge in [0.05, 0.1) is 16.6 Å². The van der Waals surface area contributed by atoms with E-state index in [1.807, 2.05) is 36.9 Å². The Balaban J connectivity index is 1.22. The predicted molar refractivity (Wildman–Crippen MR) is 210 cm³/mol. The fourth-order valence-corrected chi connectivity index (χ4v) is 8.38. The molecule has 5 aromatic carbocycles. The van der Waals surface area contributed by atoms with E-state index in [1.165, 1.54) is 49.3 Å². The molecule has 11 rings (SSSR count). The Labute approximate surface area is 294 Å². The summed E-state index contributed by atoms with van der Waals surface area (Å²) in [5.74, 6) is 0. The van der Waals surface area contributed by atoms with Crippen LogP contribution in [-0.4, -0.2) is 24.8 Å². The van der Waals surface area contributed by atoms with Gasteiger partial charge in [0.2, 0.25) is 17.1 Å². The number of benzene rings is 5. The molecule has 51 heavy (non-hydrogen) atoms. The number of fused-ring (bicyclic) bond motifs is 8. The van der Waals surface area contributed by atoms with Gasteiger partial charge in [-0.25, -0.2) is 0 Å². The minimum atomic E-state index is 0.000735. The highest BCUT2D eigenvalue weighted by molar-refractivity contribution is 6.22. The minimum Gasteiger partial charge on any atom is -0.318 e. The summed E-state index contributed by atoms with van der Waals surface area (Å²) in [6, 6.07) is 46.2. The molecule has 0 amide bonds. The van der Waals surface area contributed by atoms with Crippen LogP contribution in [0.4, 0.5) is 11.4 Å². The summed E-state index contributed by atoms with van der Waals surface area (Å²) in [7, 11) is 0. The maximum absolute atomic E-state index is 4.46. The van der Waals surface area contributed by atoms with Crippen molar-refractivity contribution in [2.75, 3.05) is 0 Å². The molecule has 2 aliphatic rings. The Morgan fingerprint density at radius 3 is 2.02 bits per heavy atom. The summed E-state index contributed by atoms with van der Waals surface area (Å²) < 4.78 is 7.44. The predicted octanol–water partition coefficient (Wildman–Crippen LogP) is 11.0. The summed E-state index contributed by atoms with van der Waals surface area (Å²) in [6.45, 7) is 0. The van der Waals surface area contributed by atoms with E-state index in [1.54, 1.807) is 0 Å². The molecule has 5 heteroatoms. The van der Waals surface area contributed by atoms with Crippen molar-refractivity contribution < 1.29 is 0 Å². The Morgan fingerprint density at radius 1 is 0.529 bits per heavy atom. The monoisotopic (exact) mass is 652 g/mol. The maximum Gasteiger partial charge on any atom is 0.235 e. The van der Waals surface area contributed by atoms with E-state index in [0.717, 1.165) is 39.3 Å². The first-order chi connectivity index (χ1) is 25.3. The van der Waals surface area contributed by atoms with Gasteiger partial charge in [0.1, 0.15) is 11.6 Å². The Hall–Kier alpha value is -6.85. The summed E-state index contributed by atoms with van der Waals surface area (Å²) >= 11 is 0. The van der Waals surface area contributed by atoms with Gasteiger partial charge in [-0.1, -0.05) is 78.9 Å². The molecule has 238 valence electrons. The molecule has 1 unspecified atom stereocenters. The van der Waals surface area contributed by atoms with Gasteiger partial charge in [0.25, 0.3) is 0 Å². The van der Waals surface area contributed by atoms with Crippen LogP contribution in [-0.2, 0) is 0 Å². The number of allylic oxidation sites excluding steroid dienone is 4. The fourth-order valence-electron chi connectivity index (χ4n) is 8.38. The van der Waals surface area contributed by atoms with Crippen LogP contribution in [0, 0.1) is 0 Å². The lowest BCUT2D eigenvalue weighted by molar-refractivity contribution is 0.781. The second-order valence-corrected chi connectivity index (χ2v) is 13.3. The van der Waals surface area contributed by atoms with Gasteiger partial charge in [-0.15, -0.1) is 0 Å². The Morgan fingerprint density at radius 2 is 1.25 bits per heavy atom. The average Bonchev–Trinajstić information content (AvgIpc) is 3.71. The van der Waals surface area contributed by atoms with E-state index in [-0.39, 0.29) is 6.04 Å². The van der Waals surface area contributed by atoms with Gasteiger partial charge in [0.15, 0.2) is 0 Å². The van der Waals surface area contributed by atoms with Crippen LogP contribution in [0.2, 0.25) is 0 Å². The van der Waals surface area contributed by atoms with E-state index in [0.29, 0.717) is 0 Å². The zero-order chi connectivity index (χ0) is 33.5. The SMILES string of the molecule is C1=CC2=[N+](c3cc(-c4cccnc4)cc(-c4cccnc4)c3)c3cccc4c5cc6c7ccccc7n(-c7ccccc7)c6cc5n(c34)C2C=C1. The van der Waals surface area contributed by atoms with Gasteiger partial charge in [-0.05, 0) is 59.7 Å². The van der Waals surface area contributed by atoms with Crippen molar-refractivity contribution in [3.05, 3.63) is 176 Å². The highest BCUT2D eigenvalue weighted by Gasteiger charge is 2.38. The molecule has 0 saturated heterocycles. The third kappa shape index (κ3) is 4.12. The minimum absolute atomic E-state index is 0.000735. The number of aromatic nitrogens is 4. The molecular formula is C46H30N5+. The normalized spacial score (nSPS) is 15.0. The fraction of sp³-hybridized carbons (Fsp3) is 0.0217. The van der Waals surface area contributed by atoms with Crippen molar-refractivity contribution in [3.63, 3.8) is 0 Å². The number of hydrogen-bond donors (Lipinski definition) is 0. The summed E-state index contributed by atoms with van der Waals surface area (Å²) in [6.07, 6.45) is 16.5. The van der Waals surface area contributed by atoms with Crippen LogP contribution >= 0.6 is 0 Å². The highest BCUT2D eigenvalue weighted by atomic mass is 15.2. The van der Waals surface area contributed by atoms with Crippen LogP contribution in [0.25, 0.3) is 71.6 Å². The molecule has 5 heterocycles. The van der Waals surface area contributed by atoms with E-state index in [9.17, 15) is 0 Å². The van der Waals surface area contributed by atoms with Crippen molar-refractivity contribution in [3.8, 4) is 27.9 Å². The third-order valence-corrected chi connectivity index (χ3v) is 10.5. The average molecular weight is 653 g/mol. The van der Waals surface area contributed by atoms with Crippen molar-refractivity contribution >= 4 is 60.7 Å². The Bertz CT molecular complexity index is 2890. The van der Waals surface area contributed by atoms with Crippen LogP contribution in [0.15, 0.2) is 176 Å². The van der Waals surface area contributed by atoms with Crippen molar-refractivity contribution in [1.29, 1.82) is 0 Å². The molecule has 9 aromatic rings. The second-order valence-electron chi connectivity index (χ2n) is 13.3. The largest absolute Gasteiger partial charge is 0.318 e. The molecular weight excluding hydrogens is 623 g/mol. The first-order valence-corrected chi connectivity index (χ1v) is 17.3. The summed E-state index contributed by atoms with van der Waals surface area (Å²) in [5, 5.41) is 5.04. The summed E-state index contributed by atoms with van der Waals surface area (Å²) in [5.41, 5.74) is 13.9. The van der Waals surface area contributed by atoms with E-state index in [4.69, 9.17) is 0 Å². The van der Waals surface area contributed by atoms with Crippen LogP contribution in [0.1, 0.15) is 6.04 Å². The zero-order valence-electron chi connectivity index (χ0n) is 27.6. The number of para-hydroxylation sites is 3. The van der Waals surface area contributed by atoms with Gasteiger partial charge >= 0.3 is 0 Å². The van der Waals surface area contributed by atoms with E-state index >= 15 is 0 Å². The quantitative estimate of drug-likeness (QED) is 0.178. The maximum atomic E-state index is 4.46. The van der Waals surface area contributed by atoms with Gasteiger partial charge in [-0.3, -0.25) is 9.97 Å². The third-order valence-electron chi connectivity index (χ3n) is 10.5. The Kier molecular flexibility index (Phi) is 5.95. The smallest absolute Gasteiger partial charge is 0.235 e. The van der Waals surface area contributed by atoms with E-state index < -0.39 is 0 Å². The van der Waals surface area contributed by atoms with Crippen molar-refractivity contribution in [1.82, 2.24) is 23.7 Å². The van der Waals surface area contributed by atoms with Crippen molar-refractivity contribution in [2.24, 2.45) is 0 Å². The molecule has 0 bridgehead atoms. The molecule has 0 radical (unpaired) electrons. The standard InChI is InChI=1S/C46H30N5/c1-2-13-34(14-3-1)49-40-17-5-4-15-36(40)38-26-39-37-16-8-20-43-46(37)51(45(39)27-44(38)49)42-19-7-6-18-41(42)50(43)35-24-32(30-11-9-21-47-28-30)23-33(25-35)31-12-10-22-48-29-31/h1-29,42H/q+1. The van der Waals surface area contributed by atoms with Crippen LogP contribution < -0.4 is 4.58 Å². The van der Waals surface area contributed by atoms with Crippen molar-refractivity contribution in [2.45, 2.75) is 6.04 Å². The lowest BCUT2D eigenvalue weighted by Crippen LogP contribution is -2.30. The number of pyridine rings is 2. The molecule has 5 nitrogen and oxygen atoms in total. The van der Waals surface area contributed by atoms with Gasteiger partial charge < -0.3 is 9.13 Å².